The number of hydrogen-bond acceptors (Lipinski definition) is 4. The van der Waals surface area contributed by atoms with Crippen LogP contribution in [-0.4, -0.2) is 53.2 Å². The number of quaternary nitrogens is 1. The number of carbonyl (C=O) groups is 2. The molecule has 1 fully saturated rings. The Morgan fingerprint density at radius 3 is 2.45 bits per heavy atom. The second-order valence-corrected chi connectivity index (χ2v) is 9.23. The maximum atomic E-state index is 13.8. The maximum Gasteiger partial charge on any atom is 0.295 e. The highest BCUT2D eigenvalue weighted by Crippen LogP contribution is 2.39. The number of imidazole rings is 1. The molecule has 0 radical (unpaired) electrons. The lowest BCUT2D eigenvalue weighted by atomic mass is 9.94. The Morgan fingerprint density at radius 1 is 1.12 bits per heavy atom. The van der Waals surface area contributed by atoms with E-state index in [-0.39, 0.29) is 5.57 Å². The van der Waals surface area contributed by atoms with Gasteiger partial charge in [-0.15, -0.1) is 0 Å². The van der Waals surface area contributed by atoms with Gasteiger partial charge in [-0.25, -0.2) is 4.98 Å². The quantitative estimate of drug-likeness (QED) is 0.350. The molecule has 1 amide bonds. The number of nitrogens with one attached hydrogen (secondary N) is 1. The molecule has 0 bridgehead atoms. The minimum Gasteiger partial charge on any atom is -0.871 e. The highest BCUT2D eigenvalue weighted by Gasteiger charge is 2.44. The first-order chi connectivity index (χ1) is 15.7. The Bertz CT molecular complexity index is 1240. The molecule has 4 rings (SSSR count). The molecule has 1 unspecified atom stereocenters. The van der Waals surface area contributed by atoms with Crippen molar-refractivity contribution in [3.8, 4) is 0 Å². The van der Waals surface area contributed by atoms with Gasteiger partial charge in [0.05, 0.1) is 44.6 Å². The fourth-order valence-corrected chi connectivity index (χ4v) is 4.37. The Balaban J connectivity index is 1.90. The van der Waals surface area contributed by atoms with Gasteiger partial charge in [-0.3, -0.25) is 9.59 Å². The number of rotatable bonds is 6. The number of hydrogen-bond donors (Lipinski definition) is 1. The Labute approximate surface area is 194 Å². The Hall–Kier alpha value is -3.45. The van der Waals surface area contributed by atoms with Crippen LogP contribution in [-0.2, 0) is 9.59 Å². The summed E-state index contributed by atoms with van der Waals surface area (Å²) in [5, 5.41) is 13.8. The lowest BCUT2D eigenvalue weighted by Crippen LogP contribution is -3.06. The minimum atomic E-state index is -0.725. The Kier molecular flexibility index (Phi) is 6.08. The first kappa shape index (κ1) is 22.7. The molecule has 0 spiro atoms. The highest BCUT2D eigenvalue weighted by molar-refractivity contribution is 6.46. The largest absolute Gasteiger partial charge is 0.871 e. The zero-order chi connectivity index (χ0) is 23.9. The highest BCUT2D eigenvalue weighted by atomic mass is 16.3. The van der Waals surface area contributed by atoms with Crippen LogP contribution in [0.25, 0.3) is 11.4 Å². The average Bonchev–Trinajstić information content (AvgIpc) is 3.25. The van der Waals surface area contributed by atoms with E-state index in [0.717, 1.165) is 16.0 Å². The van der Waals surface area contributed by atoms with Crippen LogP contribution in [0.15, 0.2) is 54.2 Å². The molecule has 172 valence electrons. The molecule has 33 heavy (non-hydrogen) atoms. The molecule has 3 heterocycles. The molecular weight excluding hydrogens is 416 g/mol. The lowest BCUT2D eigenvalue weighted by molar-refractivity contribution is -0.857. The zero-order valence-corrected chi connectivity index (χ0v) is 19.8. The van der Waals surface area contributed by atoms with Crippen molar-refractivity contribution >= 4 is 23.1 Å². The number of Topliss-reactive ketones (excluding diaryl/α,β-unsaturated/α-hetero) is 1. The van der Waals surface area contributed by atoms with E-state index in [0.29, 0.717) is 36.0 Å². The summed E-state index contributed by atoms with van der Waals surface area (Å²) in [5.41, 5.74) is 3.41. The molecule has 0 aliphatic carbocycles. The number of likely N-dealkylation sites (N-methyl/N-ethyl adjacent to an activating group) is 1. The lowest BCUT2D eigenvalue weighted by Gasteiger charge is -2.28. The van der Waals surface area contributed by atoms with Gasteiger partial charge >= 0.3 is 0 Å². The fourth-order valence-electron chi connectivity index (χ4n) is 4.37. The maximum absolute atomic E-state index is 13.8. The number of aryl methyl sites for hydroxylation is 1. The van der Waals surface area contributed by atoms with Crippen LogP contribution in [0.2, 0.25) is 0 Å². The van der Waals surface area contributed by atoms with Gasteiger partial charge in [0.2, 0.25) is 5.78 Å². The van der Waals surface area contributed by atoms with E-state index in [1.165, 1.54) is 0 Å². The third-order valence-corrected chi connectivity index (χ3v) is 6.22. The first-order valence-electron chi connectivity index (χ1n) is 11.3. The predicted molar refractivity (Wildman–Crippen MR) is 125 cm³/mol. The van der Waals surface area contributed by atoms with Crippen LogP contribution in [0.1, 0.15) is 48.3 Å². The number of likely N-dealkylation sites (tertiary alicyclic amines) is 1. The summed E-state index contributed by atoms with van der Waals surface area (Å²) < 4.78 is 1.69. The van der Waals surface area contributed by atoms with Crippen molar-refractivity contribution in [2.45, 2.75) is 32.7 Å². The van der Waals surface area contributed by atoms with Crippen molar-refractivity contribution < 1.29 is 19.6 Å². The number of amides is 1. The van der Waals surface area contributed by atoms with Crippen molar-refractivity contribution in [2.75, 3.05) is 27.2 Å². The van der Waals surface area contributed by atoms with Crippen LogP contribution in [0.4, 0.5) is 0 Å². The third kappa shape index (κ3) is 4.04. The number of benzene rings is 1. The minimum absolute atomic E-state index is 0.000180. The van der Waals surface area contributed by atoms with Gasteiger partial charge in [0, 0.05) is 11.8 Å². The first-order valence-corrected chi connectivity index (χ1v) is 11.3. The molecule has 0 saturated carbocycles. The number of aromatic nitrogens is 2. The van der Waals surface area contributed by atoms with Gasteiger partial charge in [-0.2, -0.15) is 0 Å². The number of ketones is 1. The van der Waals surface area contributed by atoms with Crippen LogP contribution >= 0.6 is 0 Å². The summed E-state index contributed by atoms with van der Waals surface area (Å²) in [7, 11) is 3.98. The molecule has 1 aliphatic heterocycles. The number of nitrogens with zero attached hydrogens (tertiary/aromatic N) is 3. The van der Waals surface area contributed by atoms with E-state index < -0.39 is 23.5 Å². The van der Waals surface area contributed by atoms with Gasteiger partial charge < -0.3 is 19.3 Å². The fraction of sp³-hybridized carbons (Fsp3) is 0.346. The molecule has 2 aromatic heterocycles. The van der Waals surface area contributed by atoms with Gasteiger partial charge in [0.1, 0.15) is 5.65 Å². The van der Waals surface area contributed by atoms with E-state index in [9.17, 15) is 14.7 Å². The molecule has 7 nitrogen and oxygen atoms in total. The SMILES string of the molecule is Cc1nc2ccccn2c1C([O-])=C1C(=O)C(=O)N(CC[NH+](C)C)C1c1ccc(C(C)C)cc1. The Morgan fingerprint density at radius 2 is 1.82 bits per heavy atom. The van der Waals surface area contributed by atoms with Crippen LogP contribution in [0.3, 0.4) is 0 Å². The third-order valence-electron chi connectivity index (χ3n) is 6.22. The molecule has 1 aliphatic rings. The molecule has 1 N–H and O–H groups in total. The molecule has 7 heteroatoms. The molecule has 1 aromatic carbocycles. The summed E-state index contributed by atoms with van der Waals surface area (Å²) in [6.07, 6.45) is 1.75. The second kappa shape index (κ2) is 8.83. The van der Waals surface area contributed by atoms with E-state index in [4.69, 9.17) is 0 Å². The summed E-state index contributed by atoms with van der Waals surface area (Å²) in [6, 6.07) is 12.6. The van der Waals surface area contributed by atoms with Gasteiger partial charge in [-0.05, 0) is 36.1 Å². The number of fused-ring (bicyclic) bond motifs is 1. The van der Waals surface area contributed by atoms with E-state index in [1.54, 1.807) is 22.4 Å². The topological polar surface area (TPSA) is 82.2 Å². The van der Waals surface area contributed by atoms with Gasteiger partial charge in [0.15, 0.2) is 0 Å². The van der Waals surface area contributed by atoms with E-state index in [1.807, 2.05) is 56.6 Å². The van der Waals surface area contributed by atoms with Crippen molar-refractivity contribution in [3.05, 3.63) is 76.7 Å². The van der Waals surface area contributed by atoms with Crippen LogP contribution < -0.4 is 10.0 Å². The van der Waals surface area contributed by atoms with Gasteiger partial charge in [-0.1, -0.05) is 49.9 Å². The van der Waals surface area contributed by atoms with E-state index >= 15 is 0 Å². The van der Waals surface area contributed by atoms with Crippen LogP contribution in [0.5, 0.6) is 0 Å². The molecule has 1 atom stereocenters. The molecule has 3 aromatic rings. The molecule has 1 saturated heterocycles. The van der Waals surface area contributed by atoms with E-state index in [2.05, 4.69) is 18.8 Å². The second-order valence-electron chi connectivity index (χ2n) is 9.23. The number of pyridine rings is 1. The normalized spacial score (nSPS) is 18.3. The summed E-state index contributed by atoms with van der Waals surface area (Å²) >= 11 is 0. The van der Waals surface area contributed by atoms with Crippen molar-refractivity contribution in [2.24, 2.45) is 0 Å². The zero-order valence-electron chi connectivity index (χ0n) is 19.8. The monoisotopic (exact) mass is 446 g/mol. The summed E-state index contributed by atoms with van der Waals surface area (Å²) in [5.74, 6) is -1.44. The standard InChI is InChI=1S/C26H30N4O3/c1-16(2)18-9-11-19(12-10-18)23-21(25(32)26(33)30(23)15-14-28(4)5)24(31)22-17(3)27-20-8-6-7-13-29(20)22/h6-13,16,23,31H,14-15H2,1-5H3. The summed E-state index contributed by atoms with van der Waals surface area (Å²) in [6.45, 7) is 7.01. The average molecular weight is 447 g/mol. The number of carbonyl (C=O) groups excluding carboxylic acids is 2. The molecular formula is C26H30N4O3. The van der Waals surface area contributed by atoms with Gasteiger partial charge in [0.25, 0.3) is 5.91 Å². The smallest absolute Gasteiger partial charge is 0.295 e. The van der Waals surface area contributed by atoms with Crippen molar-refractivity contribution in [1.82, 2.24) is 14.3 Å². The van der Waals surface area contributed by atoms with Crippen LogP contribution in [0, 0.1) is 6.92 Å². The predicted octanol–water partition coefficient (Wildman–Crippen LogP) is 1.13. The van der Waals surface area contributed by atoms with Crippen molar-refractivity contribution in [3.63, 3.8) is 0 Å². The van der Waals surface area contributed by atoms with Crippen molar-refractivity contribution in [1.29, 1.82) is 0 Å². The summed E-state index contributed by atoms with van der Waals surface area (Å²) in [4.78, 5) is 33.5.